The maximum Gasteiger partial charge on any atom is 0.0831 e. The molecule has 0 radical (unpaired) electrons. The number of nitrogens with zero attached hydrogens (tertiary/aromatic N) is 2. The largest absolute Gasteiger partial charge is 0.257 e. The number of anilines is 1. The number of unbranched alkanes of at least 4 members (excludes halogenated alkanes) is 20. The summed E-state index contributed by atoms with van der Waals surface area (Å²) in [5, 5.41) is 7.77. The molecule has 2 nitrogen and oxygen atoms in total. The molecule has 0 saturated carbocycles. The fourth-order valence-corrected chi connectivity index (χ4v) is 8.61. The molecule has 2 heteroatoms. The predicted molar refractivity (Wildman–Crippen MR) is 254 cm³/mol. The highest BCUT2D eigenvalue weighted by Crippen LogP contribution is 2.38. The molecule has 1 aliphatic heterocycles. The Morgan fingerprint density at radius 1 is 0.456 bits per heavy atom. The highest BCUT2D eigenvalue weighted by atomic mass is 15.5. The summed E-state index contributed by atoms with van der Waals surface area (Å²) in [4.78, 5) is 0. The lowest BCUT2D eigenvalue weighted by molar-refractivity contribution is 0.556. The maximum atomic E-state index is 5.39. The van der Waals surface area contributed by atoms with Crippen molar-refractivity contribution >= 4 is 17.5 Å². The zero-order valence-corrected chi connectivity index (χ0v) is 37.5. The molecule has 0 saturated heterocycles. The number of allylic oxidation sites excluding steroid dienone is 1. The van der Waals surface area contributed by atoms with Crippen LogP contribution in [0.1, 0.15) is 228 Å². The minimum atomic E-state index is 0.210. The van der Waals surface area contributed by atoms with Crippen LogP contribution in [0.4, 0.5) is 5.69 Å². The van der Waals surface area contributed by atoms with E-state index in [1.54, 1.807) is 0 Å². The minimum Gasteiger partial charge on any atom is -0.257 e. The highest BCUT2D eigenvalue weighted by Gasteiger charge is 2.29. The lowest BCUT2D eigenvalue weighted by Crippen LogP contribution is -2.20. The summed E-state index contributed by atoms with van der Waals surface area (Å²) in [6, 6.07) is 26.4. The molecule has 57 heavy (non-hydrogen) atoms. The van der Waals surface area contributed by atoms with Crippen LogP contribution in [0.15, 0.2) is 77.9 Å². The highest BCUT2D eigenvalue weighted by molar-refractivity contribution is 6.01. The normalized spacial score (nSPS) is 14.3. The third-order valence-electron chi connectivity index (χ3n) is 12.4. The summed E-state index contributed by atoms with van der Waals surface area (Å²) in [5.74, 6) is 0. The standard InChI is InChI=1S/C55H84N2/c1-5-9-13-15-17-19-21-23-25-27-30-47-33-35-49(36-34-47)39-43-53-46-55(57(56-53)54-44-40-50(29-11-7-3)45-52(54)32-12-8-4)51-41-37-48(38-42-51)31-28-26-24-22-20-18-16-14-10-6-2/h33-45,55H,5-32,46H2,1-4H3. The zero-order chi connectivity index (χ0) is 40.2. The van der Waals surface area contributed by atoms with Gasteiger partial charge < -0.3 is 0 Å². The second kappa shape index (κ2) is 29.1. The SMILES string of the molecule is CCCCCCCCCCCCc1ccc(C=CC2=NN(c3ccc(CCCC)cc3CCCC)C(c3ccc(CCCCCCCCCCCC)cc3)C2)cc1. The Morgan fingerprint density at radius 3 is 1.42 bits per heavy atom. The summed E-state index contributed by atoms with van der Waals surface area (Å²) in [5.41, 5.74) is 11.0. The molecule has 1 aliphatic rings. The second-order valence-corrected chi connectivity index (χ2v) is 17.5. The Hall–Kier alpha value is -3.13. The average Bonchev–Trinajstić information content (AvgIpc) is 3.67. The lowest BCUT2D eigenvalue weighted by atomic mass is 9.96. The molecular weight excluding hydrogens is 689 g/mol. The van der Waals surface area contributed by atoms with Crippen molar-refractivity contribution in [1.82, 2.24) is 0 Å². The molecule has 1 atom stereocenters. The molecule has 0 spiro atoms. The van der Waals surface area contributed by atoms with Crippen molar-refractivity contribution < 1.29 is 0 Å². The van der Waals surface area contributed by atoms with Gasteiger partial charge in [0, 0.05) is 6.42 Å². The fraction of sp³-hybridized carbons (Fsp3) is 0.618. The van der Waals surface area contributed by atoms with Crippen LogP contribution in [0.3, 0.4) is 0 Å². The van der Waals surface area contributed by atoms with Gasteiger partial charge in [-0.3, -0.25) is 5.01 Å². The molecule has 0 aliphatic carbocycles. The zero-order valence-electron chi connectivity index (χ0n) is 37.5. The van der Waals surface area contributed by atoms with Gasteiger partial charge >= 0.3 is 0 Å². The Labute approximate surface area is 352 Å². The molecule has 3 aromatic carbocycles. The Morgan fingerprint density at radius 2 is 0.895 bits per heavy atom. The van der Waals surface area contributed by atoms with Gasteiger partial charge in [0.2, 0.25) is 0 Å². The summed E-state index contributed by atoms with van der Waals surface area (Å²) < 4.78 is 0. The Kier molecular flexibility index (Phi) is 23.8. The first-order valence-corrected chi connectivity index (χ1v) is 24.5. The maximum absolute atomic E-state index is 5.39. The first-order valence-electron chi connectivity index (χ1n) is 24.5. The third kappa shape index (κ3) is 18.1. The summed E-state index contributed by atoms with van der Waals surface area (Å²) in [6.07, 6.45) is 42.9. The molecule has 4 rings (SSSR count). The van der Waals surface area contributed by atoms with E-state index in [9.17, 15) is 0 Å². The van der Waals surface area contributed by atoms with E-state index in [2.05, 4.69) is 112 Å². The number of aryl methyl sites for hydroxylation is 4. The summed E-state index contributed by atoms with van der Waals surface area (Å²) >= 11 is 0. The van der Waals surface area contributed by atoms with Crippen molar-refractivity contribution in [3.8, 4) is 0 Å². The molecule has 0 aromatic heterocycles. The van der Waals surface area contributed by atoms with E-state index >= 15 is 0 Å². The van der Waals surface area contributed by atoms with Crippen LogP contribution in [0.2, 0.25) is 0 Å². The van der Waals surface area contributed by atoms with E-state index in [-0.39, 0.29) is 6.04 Å². The molecule has 0 amide bonds. The molecule has 1 heterocycles. The summed E-state index contributed by atoms with van der Waals surface area (Å²) in [7, 11) is 0. The van der Waals surface area contributed by atoms with Crippen LogP contribution < -0.4 is 5.01 Å². The van der Waals surface area contributed by atoms with E-state index in [1.807, 2.05) is 0 Å². The second-order valence-electron chi connectivity index (χ2n) is 17.5. The lowest BCUT2D eigenvalue weighted by Gasteiger charge is -2.27. The minimum absolute atomic E-state index is 0.210. The van der Waals surface area contributed by atoms with Crippen LogP contribution in [0.5, 0.6) is 0 Å². The topological polar surface area (TPSA) is 15.6 Å². The number of hydrogen-bond acceptors (Lipinski definition) is 2. The van der Waals surface area contributed by atoms with Crippen molar-refractivity contribution in [2.75, 3.05) is 5.01 Å². The van der Waals surface area contributed by atoms with Crippen LogP contribution >= 0.6 is 0 Å². The first kappa shape index (κ1) is 46.6. The smallest absolute Gasteiger partial charge is 0.0831 e. The van der Waals surface area contributed by atoms with Gasteiger partial charge in [-0.05, 0) is 96.9 Å². The third-order valence-corrected chi connectivity index (χ3v) is 12.4. The predicted octanol–water partition coefficient (Wildman–Crippen LogP) is 17.3. The number of hydrogen-bond donors (Lipinski definition) is 0. The average molecular weight is 773 g/mol. The Bertz CT molecular complexity index is 1510. The van der Waals surface area contributed by atoms with E-state index in [0.29, 0.717) is 0 Å². The van der Waals surface area contributed by atoms with Crippen molar-refractivity contribution in [2.24, 2.45) is 5.10 Å². The van der Waals surface area contributed by atoms with Gasteiger partial charge in [-0.15, -0.1) is 0 Å². The van der Waals surface area contributed by atoms with Crippen molar-refractivity contribution in [2.45, 2.75) is 220 Å². The van der Waals surface area contributed by atoms with Crippen LogP contribution in [0.25, 0.3) is 6.08 Å². The van der Waals surface area contributed by atoms with Gasteiger partial charge in [0.25, 0.3) is 0 Å². The summed E-state index contributed by atoms with van der Waals surface area (Å²) in [6.45, 7) is 9.20. The van der Waals surface area contributed by atoms with Crippen molar-refractivity contribution in [3.63, 3.8) is 0 Å². The van der Waals surface area contributed by atoms with Crippen LogP contribution in [-0.4, -0.2) is 5.71 Å². The molecule has 0 N–H and O–H groups in total. The number of rotatable bonds is 32. The van der Waals surface area contributed by atoms with Gasteiger partial charge in [0.1, 0.15) is 0 Å². The van der Waals surface area contributed by atoms with E-state index in [0.717, 1.165) is 19.3 Å². The van der Waals surface area contributed by atoms with Gasteiger partial charge in [0.05, 0.1) is 17.4 Å². The van der Waals surface area contributed by atoms with E-state index < -0.39 is 0 Å². The number of benzene rings is 3. The molecule has 0 fully saturated rings. The van der Waals surface area contributed by atoms with Crippen molar-refractivity contribution in [1.29, 1.82) is 0 Å². The number of hydrazone groups is 1. The first-order chi connectivity index (χ1) is 28.1. The molecular formula is C55H84N2. The van der Waals surface area contributed by atoms with Gasteiger partial charge in [0.15, 0.2) is 0 Å². The van der Waals surface area contributed by atoms with E-state index in [1.165, 1.54) is 212 Å². The van der Waals surface area contributed by atoms with Gasteiger partial charge in [-0.25, -0.2) is 0 Å². The molecule has 0 bridgehead atoms. The van der Waals surface area contributed by atoms with E-state index in [4.69, 9.17) is 5.10 Å². The molecule has 3 aromatic rings. The molecule has 1 unspecified atom stereocenters. The quantitative estimate of drug-likeness (QED) is 0.0577. The van der Waals surface area contributed by atoms with Gasteiger partial charge in [-0.1, -0.05) is 223 Å². The van der Waals surface area contributed by atoms with Gasteiger partial charge in [-0.2, -0.15) is 5.10 Å². The molecule has 314 valence electrons. The Balaban J connectivity index is 1.36. The van der Waals surface area contributed by atoms with Crippen molar-refractivity contribution in [3.05, 3.63) is 106 Å². The monoisotopic (exact) mass is 773 g/mol. The van der Waals surface area contributed by atoms with Crippen LogP contribution in [0, 0.1) is 0 Å². The fourth-order valence-electron chi connectivity index (χ4n) is 8.61. The van der Waals surface area contributed by atoms with Crippen LogP contribution in [-0.2, 0) is 25.7 Å².